The van der Waals surface area contributed by atoms with E-state index in [9.17, 15) is 0 Å². The summed E-state index contributed by atoms with van der Waals surface area (Å²) < 4.78 is 0. The first-order valence-electron chi connectivity index (χ1n) is 7.73. The van der Waals surface area contributed by atoms with E-state index in [2.05, 4.69) is 48.5 Å². The summed E-state index contributed by atoms with van der Waals surface area (Å²) >= 11 is 0. The summed E-state index contributed by atoms with van der Waals surface area (Å²) in [4.78, 5) is 0. The quantitative estimate of drug-likeness (QED) is 0.622. The lowest BCUT2D eigenvalue weighted by Gasteiger charge is -2.21. The van der Waals surface area contributed by atoms with E-state index in [4.69, 9.17) is 5.73 Å². The van der Waals surface area contributed by atoms with Crippen LogP contribution in [0, 0.1) is 0 Å². The summed E-state index contributed by atoms with van der Waals surface area (Å²) in [7, 11) is 0. The fraction of sp³-hybridized carbons (Fsp3) is 0.200. The van der Waals surface area contributed by atoms with E-state index >= 15 is 0 Å². The molecular formula is C20H19N. The largest absolute Gasteiger partial charge is 0.398 e. The Kier molecular flexibility index (Phi) is 2.92. The minimum absolute atomic E-state index is 0.882. The second-order valence-corrected chi connectivity index (χ2v) is 5.90. The number of nitrogen functional groups attached to an aromatic ring is 1. The van der Waals surface area contributed by atoms with Crippen LogP contribution in [0.1, 0.15) is 24.0 Å². The highest BCUT2D eigenvalue weighted by Gasteiger charge is 2.17. The third-order valence-electron chi connectivity index (χ3n) is 4.63. The van der Waals surface area contributed by atoms with Crippen molar-refractivity contribution in [3.8, 4) is 11.1 Å². The maximum absolute atomic E-state index is 6.35. The van der Waals surface area contributed by atoms with Crippen LogP contribution >= 0.6 is 0 Å². The fourth-order valence-electron chi connectivity index (χ4n) is 3.60. The van der Waals surface area contributed by atoms with Crippen molar-refractivity contribution in [2.24, 2.45) is 0 Å². The van der Waals surface area contributed by atoms with Crippen molar-refractivity contribution in [3.05, 3.63) is 65.7 Å². The Morgan fingerprint density at radius 1 is 0.762 bits per heavy atom. The van der Waals surface area contributed by atoms with Crippen molar-refractivity contribution in [1.82, 2.24) is 0 Å². The zero-order chi connectivity index (χ0) is 14.2. The third kappa shape index (κ3) is 2.01. The molecule has 0 bridgehead atoms. The molecule has 0 heterocycles. The van der Waals surface area contributed by atoms with Crippen LogP contribution in [0.4, 0.5) is 5.69 Å². The van der Waals surface area contributed by atoms with Crippen molar-refractivity contribution >= 4 is 16.5 Å². The van der Waals surface area contributed by atoms with Crippen molar-refractivity contribution < 1.29 is 0 Å². The highest BCUT2D eigenvalue weighted by molar-refractivity contribution is 6.03. The summed E-state index contributed by atoms with van der Waals surface area (Å²) in [5.41, 5.74) is 12.8. The van der Waals surface area contributed by atoms with Crippen LogP contribution in [0.2, 0.25) is 0 Å². The predicted molar refractivity (Wildman–Crippen MR) is 90.4 cm³/mol. The summed E-state index contributed by atoms with van der Waals surface area (Å²) in [5.74, 6) is 0. The summed E-state index contributed by atoms with van der Waals surface area (Å²) in [5, 5.41) is 2.52. The Morgan fingerprint density at radius 3 is 2.57 bits per heavy atom. The smallest absolute Gasteiger partial charge is 0.0400 e. The van der Waals surface area contributed by atoms with Gasteiger partial charge >= 0.3 is 0 Å². The van der Waals surface area contributed by atoms with Gasteiger partial charge in [0.25, 0.3) is 0 Å². The van der Waals surface area contributed by atoms with Gasteiger partial charge in [0.15, 0.2) is 0 Å². The molecule has 0 saturated carbocycles. The number of anilines is 1. The lowest BCUT2D eigenvalue weighted by atomic mass is 9.84. The van der Waals surface area contributed by atoms with Crippen LogP contribution in [0.3, 0.4) is 0 Å². The van der Waals surface area contributed by atoms with Crippen molar-refractivity contribution in [3.63, 3.8) is 0 Å². The monoisotopic (exact) mass is 273 g/mol. The van der Waals surface area contributed by atoms with Gasteiger partial charge in [0.1, 0.15) is 0 Å². The molecule has 0 fully saturated rings. The zero-order valence-electron chi connectivity index (χ0n) is 12.1. The molecule has 21 heavy (non-hydrogen) atoms. The fourth-order valence-corrected chi connectivity index (χ4v) is 3.60. The molecule has 0 radical (unpaired) electrons. The number of nitrogens with two attached hydrogens (primary N) is 1. The van der Waals surface area contributed by atoms with Crippen LogP contribution in [0.25, 0.3) is 21.9 Å². The Hall–Kier alpha value is -2.28. The van der Waals surface area contributed by atoms with Crippen LogP contribution in [0.15, 0.2) is 54.6 Å². The van der Waals surface area contributed by atoms with Gasteiger partial charge in [-0.05, 0) is 59.2 Å². The molecule has 104 valence electrons. The van der Waals surface area contributed by atoms with Gasteiger partial charge in [-0.1, -0.05) is 48.5 Å². The highest BCUT2D eigenvalue weighted by Crippen LogP contribution is 2.38. The molecule has 0 spiro atoms. The van der Waals surface area contributed by atoms with Crippen LogP contribution in [-0.4, -0.2) is 0 Å². The van der Waals surface area contributed by atoms with E-state index in [0.717, 1.165) is 5.69 Å². The van der Waals surface area contributed by atoms with E-state index < -0.39 is 0 Å². The van der Waals surface area contributed by atoms with E-state index in [-0.39, 0.29) is 0 Å². The number of hydrogen-bond donors (Lipinski definition) is 1. The molecule has 1 aliphatic rings. The average Bonchev–Trinajstić information content (AvgIpc) is 2.54. The molecule has 2 N–H and O–H groups in total. The maximum Gasteiger partial charge on any atom is 0.0400 e. The SMILES string of the molecule is Nc1ccc2ccccc2c1-c1cccc2c1CCCC2. The molecule has 4 rings (SSSR count). The number of hydrogen-bond acceptors (Lipinski definition) is 1. The first-order valence-corrected chi connectivity index (χ1v) is 7.73. The molecular weight excluding hydrogens is 254 g/mol. The minimum atomic E-state index is 0.882. The predicted octanol–water partition coefficient (Wildman–Crippen LogP) is 4.97. The number of rotatable bonds is 1. The van der Waals surface area contributed by atoms with Crippen molar-refractivity contribution in [2.75, 3.05) is 5.73 Å². The molecule has 0 atom stereocenters. The van der Waals surface area contributed by atoms with Gasteiger partial charge in [-0.2, -0.15) is 0 Å². The van der Waals surface area contributed by atoms with Crippen LogP contribution in [0.5, 0.6) is 0 Å². The Morgan fingerprint density at radius 2 is 1.62 bits per heavy atom. The van der Waals surface area contributed by atoms with Gasteiger partial charge in [0, 0.05) is 11.3 Å². The highest BCUT2D eigenvalue weighted by atomic mass is 14.6. The van der Waals surface area contributed by atoms with Gasteiger partial charge in [0.2, 0.25) is 0 Å². The van der Waals surface area contributed by atoms with E-state index in [1.54, 1.807) is 0 Å². The van der Waals surface area contributed by atoms with Gasteiger partial charge in [-0.15, -0.1) is 0 Å². The van der Waals surface area contributed by atoms with Crippen LogP contribution in [-0.2, 0) is 12.8 Å². The van der Waals surface area contributed by atoms with Gasteiger partial charge in [-0.3, -0.25) is 0 Å². The van der Waals surface area contributed by atoms with E-state index in [1.807, 2.05) is 6.07 Å². The first-order chi connectivity index (χ1) is 10.3. The van der Waals surface area contributed by atoms with Gasteiger partial charge in [-0.25, -0.2) is 0 Å². The lowest BCUT2D eigenvalue weighted by Crippen LogP contribution is -2.05. The Balaban J connectivity index is 2.05. The summed E-state index contributed by atoms with van der Waals surface area (Å²) in [6.45, 7) is 0. The molecule has 0 saturated heterocycles. The molecule has 0 amide bonds. The number of aryl methyl sites for hydroxylation is 1. The molecule has 0 aromatic heterocycles. The molecule has 3 aromatic carbocycles. The second-order valence-electron chi connectivity index (χ2n) is 5.90. The Bertz CT molecular complexity index is 817. The molecule has 3 aromatic rings. The Labute approximate surface area is 125 Å². The average molecular weight is 273 g/mol. The zero-order valence-corrected chi connectivity index (χ0v) is 12.1. The van der Waals surface area contributed by atoms with Crippen molar-refractivity contribution in [1.29, 1.82) is 0 Å². The lowest BCUT2D eigenvalue weighted by molar-refractivity contribution is 0.687. The molecule has 0 unspecified atom stereocenters. The maximum atomic E-state index is 6.35. The first kappa shape index (κ1) is 12.5. The van der Waals surface area contributed by atoms with E-state index in [1.165, 1.54) is 58.7 Å². The number of benzene rings is 3. The van der Waals surface area contributed by atoms with E-state index in [0.29, 0.717) is 0 Å². The van der Waals surface area contributed by atoms with Gasteiger partial charge in [0.05, 0.1) is 0 Å². The number of fused-ring (bicyclic) bond motifs is 2. The molecule has 1 heteroatoms. The van der Waals surface area contributed by atoms with Crippen molar-refractivity contribution in [2.45, 2.75) is 25.7 Å². The molecule has 1 aliphatic carbocycles. The third-order valence-corrected chi connectivity index (χ3v) is 4.63. The summed E-state index contributed by atoms with van der Waals surface area (Å²) in [6.07, 6.45) is 4.97. The normalized spacial score (nSPS) is 14.1. The molecule has 0 aliphatic heterocycles. The topological polar surface area (TPSA) is 26.0 Å². The summed E-state index contributed by atoms with van der Waals surface area (Å²) in [6, 6.07) is 19.4. The van der Waals surface area contributed by atoms with Gasteiger partial charge < -0.3 is 5.73 Å². The van der Waals surface area contributed by atoms with Crippen LogP contribution < -0.4 is 5.73 Å². The minimum Gasteiger partial charge on any atom is -0.398 e. The molecule has 1 nitrogen and oxygen atoms in total. The standard InChI is InChI=1S/C20H19N/c21-19-13-12-15-7-2-4-10-17(15)20(19)18-11-5-8-14-6-1-3-9-16(14)18/h2,4-5,7-8,10-13H,1,3,6,9,21H2. The second kappa shape index (κ2) is 4.92.